The van der Waals surface area contributed by atoms with Crippen molar-refractivity contribution < 1.29 is 9.90 Å². The van der Waals surface area contributed by atoms with E-state index < -0.39 is 5.97 Å². The second-order valence-electron chi connectivity index (χ2n) is 5.86. The Balaban J connectivity index is 2.88. The molecule has 0 radical (unpaired) electrons. The SMILES string of the molecule is Cc1cc2cc(C(C)(C)C)cc(C(=O)O)c2n1C. The Bertz CT molecular complexity index is 630. The van der Waals surface area contributed by atoms with Gasteiger partial charge in [-0.15, -0.1) is 0 Å². The van der Waals surface area contributed by atoms with E-state index in [2.05, 4.69) is 26.8 Å². The average molecular weight is 245 g/mol. The molecule has 0 unspecified atom stereocenters. The quantitative estimate of drug-likeness (QED) is 0.835. The first-order valence-electron chi connectivity index (χ1n) is 6.05. The standard InChI is InChI=1S/C15H19NO2/c1-9-6-10-7-11(15(2,3)4)8-12(14(17)18)13(10)16(9)5/h6-8H,1-5H3,(H,17,18). The Morgan fingerprint density at radius 2 is 1.83 bits per heavy atom. The van der Waals surface area contributed by atoms with E-state index in [9.17, 15) is 9.90 Å². The molecule has 18 heavy (non-hydrogen) atoms. The fraction of sp³-hybridized carbons (Fsp3) is 0.400. The van der Waals surface area contributed by atoms with Gasteiger partial charge in [-0.25, -0.2) is 4.79 Å². The van der Waals surface area contributed by atoms with Crippen LogP contribution >= 0.6 is 0 Å². The van der Waals surface area contributed by atoms with Crippen molar-refractivity contribution in [3.05, 3.63) is 35.0 Å². The summed E-state index contributed by atoms with van der Waals surface area (Å²) in [7, 11) is 1.90. The fourth-order valence-corrected chi connectivity index (χ4v) is 2.24. The van der Waals surface area contributed by atoms with Gasteiger partial charge in [-0.05, 0) is 36.1 Å². The first kappa shape index (κ1) is 12.7. The number of rotatable bonds is 1. The van der Waals surface area contributed by atoms with Gasteiger partial charge in [-0.2, -0.15) is 0 Å². The van der Waals surface area contributed by atoms with E-state index in [-0.39, 0.29) is 5.41 Å². The zero-order valence-electron chi connectivity index (χ0n) is 11.5. The van der Waals surface area contributed by atoms with Crippen LogP contribution in [-0.4, -0.2) is 15.6 Å². The van der Waals surface area contributed by atoms with Crippen LogP contribution in [0.25, 0.3) is 10.9 Å². The third-order valence-electron chi connectivity index (χ3n) is 3.46. The van der Waals surface area contributed by atoms with Crippen molar-refractivity contribution >= 4 is 16.9 Å². The lowest BCUT2D eigenvalue weighted by atomic mass is 9.85. The van der Waals surface area contributed by atoms with Crippen molar-refractivity contribution in [1.29, 1.82) is 0 Å². The molecule has 0 aliphatic rings. The van der Waals surface area contributed by atoms with Crippen LogP contribution < -0.4 is 0 Å². The molecular weight excluding hydrogens is 226 g/mol. The molecule has 0 atom stereocenters. The van der Waals surface area contributed by atoms with Crippen LogP contribution in [0.15, 0.2) is 18.2 Å². The van der Waals surface area contributed by atoms with Gasteiger partial charge in [-0.3, -0.25) is 0 Å². The van der Waals surface area contributed by atoms with Crippen LogP contribution in [-0.2, 0) is 12.5 Å². The molecule has 0 bridgehead atoms. The number of hydrogen-bond acceptors (Lipinski definition) is 1. The van der Waals surface area contributed by atoms with Crippen molar-refractivity contribution in [1.82, 2.24) is 4.57 Å². The number of nitrogens with zero attached hydrogens (tertiary/aromatic N) is 1. The number of benzene rings is 1. The summed E-state index contributed by atoms with van der Waals surface area (Å²) in [6, 6.07) is 5.93. The van der Waals surface area contributed by atoms with Crippen LogP contribution in [0.4, 0.5) is 0 Å². The third-order valence-corrected chi connectivity index (χ3v) is 3.46. The zero-order chi connectivity index (χ0) is 13.7. The Hall–Kier alpha value is -1.77. The minimum Gasteiger partial charge on any atom is -0.478 e. The summed E-state index contributed by atoms with van der Waals surface area (Å²) >= 11 is 0. The van der Waals surface area contributed by atoms with Crippen molar-refractivity contribution in [2.45, 2.75) is 33.1 Å². The van der Waals surface area contributed by atoms with Crippen LogP contribution in [0.1, 0.15) is 42.4 Å². The molecule has 96 valence electrons. The Kier molecular flexibility index (Phi) is 2.73. The van der Waals surface area contributed by atoms with Gasteiger partial charge in [-0.1, -0.05) is 20.8 Å². The van der Waals surface area contributed by atoms with Crippen molar-refractivity contribution in [3.8, 4) is 0 Å². The lowest BCUT2D eigenvalue weighted by Crippen LogP contribution is -2.13. The van der Waals surface area contributed by atoms with Crippen molar-refractivity contribution in [2.75, 3.05) is 0 Å². The van der Waals surface area contributed by atoms with E-state index in [1.165, 1.54) is 0 Å². The summed E-state index contributed by atoms with van der Waals surface area (Å²) < 4.78 is 1.94. The topological polar surface area (TPSA) is 42.2 Å². The third kappa shape index (κ3) is 1.90. The first-order chi connectivity index (χ1) is 8.21. The smallest absolute Gasteiger partial charge is 0.337 e. The second kappa shape index (κ2) is 3.87. The van der Waals surface area contributed by atoms with E-state index in [1.54, 1.807) is 6.07 Å². The number of carboxylic acid groups (broad SMARTS) is 1. The zero-order valence-corrected chi connectivity index (χ0v) is 11.5. The van der Waals surface area contributed by atoms with Gasteiger partial charge in [0.1, 0.15) is 0 Å². The van der Waals surface area contributed by atoms with E-state index in [1.807, 2.05) is 24.6 Å². The number of aromatic nitrogens is 1. The van der Waals surface area contributed by atoms with Crippen LogP contribution in [0.2, 0.25) is 0 Å². The van der Waals surface area contributed by atoms with E-state index in [4.69, 9.17) is 0 Å². The molecular formula is C15H19NO2. The molecule has 3 heteroatoms. The molecule has 1 aromatic carbocycles. The number of aromatic carboxylic acids is 1. The molecule has 0 spiro atoms. The molecule has 2 rings (SSSR count). The summed E-state index contributed by atoms with van der Waals surface area (Å²) in [5.74, 6) is -0.868. The fourth-order valence-electron chi connectivity index (χ4n) is 2.24. The molecule has 0 fully saturated rings. The van der Waals surface area contributed by atoms with Gasteiger partial charge in [0, 0.05) is 18.1 Å². The Labute approximate surface area is 107 Å². The van der Waals surface area contributed by atoms with Crippen molar-refractivity contribution in [3.63, 3.8) is 0 Å². The number of fused-ring (bicyclic) bond motifs is 1. The maximum atomic E-state index is 11.4. The van der Waals surface area contributed by atoms with Crippen LogP contribution in [0.3, 0.4) is 0 Å². The monoisotopic (exact) mass is 245 g/mol. The molecule has 0 aliphatic heterocycles. The maximum absolute atomic E-state index is 11.4. The summed E-state index contributed by atoms with van der Waals surface area (Å²) in [6.45, 7) is 8.27. The second-order valence-corrected chi connectivity index (χ2v) is 5.86. The minimum atomic E-state index is -0.868. The molecule has 0 aliphatic carbocycles. The average Bonchev–Trinajstić information content (AvgIpc) is 2.52. The summed E-state index contributed by atoms with van der Waals surface area (Å²) in [5, 5.41) is 10.4. The number of aryl methyl sites for hydroxylation is 2. The largest absolute Gasteiger partial charge is 0.478 e. The summed E-state index contributed by atoms with van der Waals surface area (Å²) in [5.41, 5.74) is 3.25. The summed E-state index contributed by atoms with van der Waals surface area (Å²) in [6.07, 6.45) is 0. The predicted molar refractivity (Wildman–Crippen MR) is 73.3 cm³/mol. The van der Waals surface area contributed by atoms with Crippen LogP contribution in [0.5, 0.6) is 0 Å². The van der Waals surface area contributed by atoms with Gasteiger partial charge in [0.2, 0.25) is 0 Å². The van der Waals surface area contributed by atoms with E-state index >= 15 is 0 Å². The lowest BCUT2D eigenvalue weighted by molar-refractivity contribution is 0.0698. The number of carboxylic acids is 1. The molecule has 3 nitrogen and oxygen atoms in total. The lowest BCUT2D eigenvalue weighted by Gasteiger charge is -2.20. The molecule has 0 saturated heterocycles. The first-order valence-corrected chi connectivity index (χ1v) is 6.05. The van der Waals surface area contributed by atoms with Crippen LogP contribution in [0, 0.1) is 6.92 Å². The van der Waals surface area contributed by atoms with E-state index in [0.717, 1.165) is 22.2 Å². The van der Waals surface area contributed by atoms with Gasteiger partial charge < -0.3 is 9.67 Å². The van der Waals surface area contributed by atoms with Gasteiger partial charge >= 0.3 is 5.97 Å². The molecule has 0 amide bonds. The molecule has 1 N–H and O–H groups in total. The Morgan fingerprint density at radius 3 is 2.33 bits per heavy atom. The van der Waals surface area contributed by atoms with Gasteiger partial charge in [0.25, 0.3) is 0 Å². The predicted octanol–water partition coefficient (Wildman–Crippen LogP) is 3.48. The normalized spacial score (nSPS) is 12.1. The van der Waals surface area contributed by atoms with Gasteiger partial charge in [0.05, 0.1) is 11.1 Å². The highest BCUT2D eigenvalue weighted by atomic mass is 16.4. The maximum Gasteiger partial charge on any atom is 0.337 e. The molecule has 1 heterocycles. The highest BCUT2D eigenvalue weighted by Crippen LogP contribution is 2.30. The number of carbonyl (C=O) groups is 1. The van der Waals surface area contributed by atoms with Gasteiger partial charge in [0.15, 0.2) is 0 Å². The highest BCUT2D eigenvalue weighted by molar-refractivity contribution is 6.03. The van der Waals surface area contributed by atoms with E-state index in [0.29, 0.717) is 5.56 Å². The highest BCUT2D eigenvalue weighted by Gasteiger charge is 2.20. The molecule has 0 saturated carbocycles. The Morgan fingerprint density at radius 1 is 1.22 bits per heavy atom. The summed E-state index contributed by atoms with van der Waals surface area (Å²) in [4.78, 5) is 11.4. The minimum absolute atomic E-state index is 0.0534. The molecule has 2 aromatic rings. The molecule has 1 aromatic heterocycles. The van der Waals surface area contributed by atoms with Crippen molar-refractivity contribution in [2.24, 2.45) is 7.05 Å². The number of hydrogen-bond donors (Lipinski definition) is 1.